The number of aryl methyl sites for hydroxylation is 1. The van der Waals surface area contributed by atoms with E-state index in [-0.39, 0.29) is 11.9 Å². The van der Waals surface area contributed by atoms with Gasteiger partial charge in [0.05, 0.1) is 24.3 Å². The molecule has 0 bridgehead atoms. The van der Waals surface area contributed by atoms with Crippen molar-refractivity contribution in [3.63, 3.8) is 0 Å². The molecule has 0 saturated carbocycles. The molecule has 1 rings (SSSR count). The minimum absolute atomic E-state index is 0.243. The maximum Gasteiger partial charge on any atom is 0.310 e. The van der Waals surface area contributed by atoms with Gasteiger partial charge in [0, 0.05) is 6.54 Å². The van der Waals surface area contributed by atoms with Crippen LogP contribution in [0.15, 0.2) is 18.2 Å². The van der Waals surface area contributed by atoms with Crippen LogP contribution in [0.1, 0.15) is 18.1 Å². The molecule has 0 saturated heterocycles. The number of methoxy groups -OCH3 is 1. The minimum Gasteiger partial charge on any atom is -0.469 e. The molecule has 1 N–H and O–H groups in total. The number of hydrogen-bond donors (Lipinski definition) is 1. The monoisotopic (exact) mass is 232 g/mol. The van der Waals surface area contributed by atoms with E-state index in [1.54, 1.807) is 6.92 Å². The molecule has 0 aliphatic heterocycles. The van der Waals surface area contributed by atoms with Crippen molar-refractivity contribution in [2.45, 2.75) is 13.8 Å². The molecule has 1 atom stereocenters. The van der Waals surface area contributed by atoms with Crippen LogP contribution in [0.5, 0.6) is 0 Å². The van der Waals surface area contributed by atoms with Gasteiger partial charge in [0.2, 0.25) is 0 Å². The Morgan fingerprint density at radius 1 is 1.59 bits per heavy atom. The molecule has 1 aromatic carbocycles. The topological polar surface area (TPSA) is 62.1 Å². The Balaban J connectivity index is 2.74. The molecule has 0 aliphatic carbocycles. The molecular weight excluding hydrogens is 216 g/mol. The number of carbonyl (C=O) groups excluding carboxylic acids is 1. The lowest BCUT2D eigenvalue weighted by Gasteiger charge is -2.13. The largest absolute Gasteiger partial charge is 0.469 e. The summed E-state index contributed by atoms with van der Waals surface area (Å²) in [6, 6.07) is 7.74. The molecule has 0 aromatic heterocycles. The lowest BCUT2D eigenvalue weighted by molar-refractivity contribution is -0.144. The summed E-state index contributed by atoms with van der Waals surface area (Å²) in [4.78, 5) is 11.2. The molecular formula is C13H16N2O2. The van der Waals surface area contributed by atoms with Gasteiger partial charge in [0.1, 0.15) is 6.07 Å². The summed E-state index contributed by atoms with van der Waals surface area (Å²) in [7, 11) is 1.37. The average Bonchev–Trinajstić information content (AvgIpc) is 2.34. The highest BCUT2D eigenvalue weighted by atomic mass is 16.5. The fourth-order valence-corrected chi connectivity index (χ4v) is 1.51. The highest BCUT2D eigenvalue weighted by Crippen LogP contribution is 2.18. The smallest absolute Gasteiger partial charge is 0.310 e. The van der Waals surface area contributed by atoms with Crippen molar-refractivity contribution in [2.75, 3.05) is 19.0 Å². The third-order valence-corrected chi connectivity index (χ3v) is 2.59. The van der Waals surface area contributed by atoms with Crippen LogP contribution in [-0.2, 0) is 9.53 Å². The van der Waals surface area contributed by atoms with Crippen LogP contribution in [0.4, 0.5) is 5.69 Å². The Labute approximate surface area is 101 Å². The fraction of sp³-hybridized carbons (Fsp3) is 0.385. The first-order valence-electron chi connectivity index (χ1n) is 5.41. The normalized spacial score (nSPS) is 11.4. The van der Waals surface area contributed by atoms with Gasteiger partial charge in [-0.05, 0) is 18.6 Å². The molecule has 0 aliphatic rings. The maximum atomic E-state index is 11.2. The number of esters is 1. The van der Waals surface area contributed by atoms with E-state index in [2.05, 4.69) is 16.1 Å². The highest BCUT2D eigenvalue weighted by Gasteiger charge is 2.13. The maximum absolute atomic E-state index is 11.2. The van der Waals surface area contributed by atoms with Gasteiger partial charge in [0.25, 0.3) is 0 Å². The summed E-state index contributed by atoms with van der Waals surface area (Å²) in [5, 5.41) is 12.1. The number of carbonyl (C=O) groups is 1. The minimum atomic E-state index is -0.260. The highest BCUT2D eigenvalue weighted by molar-refractivity contribution is 5.73. The van der Waals surface area contributed by atoms with E-state index in [4.69, 9.17) is 5.26 Å². The van der Waals surface area contributed by atoms with Crippen LogP contribution < -0.4 is 5.32 Å². The van der Waals surface area contributed by atoms with E-state index in [1.807, 2.05) is 25.1 Å². The molecule has 0 amide bonds. The number of rotatable bonds is 4. The van der Waals surface area contributed by atoms with Crippen LogP contribution in [0.2, 0.25) is 0 Å². The standard InChI is InChI=1S/C13H16N2O2/c1-9-5-4-6-12(11(9)7-14)15-8-10(2)13(16)17-3/h4-6,10,15H,8H2,1-3H3. The number of hydrogen-bond acceptors (Lipinski definition) is 4. The molecule has 4 nitrogen and oxygen atoms in total. The second-order valence-corrected chi connectivity index (χ2v) is 3.91. The molecule has 0 radical (unpaired) electrons. The van der Waals surface area contributed by atoms with Gasteiger partial charge in [-0.15, -0.1) is 0 Å². The van der Waals surface area contributed by atoms with Crippen LogP contribution in [0.3, 0.4) is 0 Å². The van der Waals surface area contributed by atoms with Crippen LogP contribution in [-0.4, -0.2) is 19.6 Å². The fourth-order valence-electron chi connectivity index (χ4n) is 1.51. The Kier molecular flexibility index (Phi) is 4.53. The Bertz CT molecular complexity index is 449. The predicted octanol–water partition coefficient (Wildman–Crippen LogP) is 2.09. The Hall–Kier alpha value is -2.02. The first-order chi connectivity index (χ1) is 8.10. The summed E-state index contributed by atoms with van der Waals surface area (Å²) in [6.07, 6.45) is 0. The average molecular weight is 232 g/mol. The number of benzene rings is 1. The molecule has 4 heteroatoms. The van der Waals surface area contributed by atoms with E-state index >= 15 is 0 Å². The number of nitrogens with one attached hydrogen (secondary N) is 1. The molecule has 0 spiro atoms. The van der Waals surface area contributed by atoms with Crippen molar-refractivity contribution in [3.05, 3.63) is 29.3 Å². The van der Waals surface area contributed by atoms with Gasteiger partial charge in [-0.25, -0.2) is 0 Å². The van der Waals surface area contributed by atoms with E-state index in [0.717, 1.165) is 11.3 Å². The summed E-state index contributed by atoms with van der Waals surface area (Å²) >= 11 is 0. The number of ether oxygens (including phenoxy) is 1. The summed E-state index contributed by atoms with van der Waals surface area (Å²) in [5.41, 5.74) is 2.29. The van der Waals surface area contributed by atoms with Crippen molar-refractivity contribution in [1.29, 1.82) is 5.26 Å². The molecule has 0 heterocycles. The number of anilines is 1. The molecule has 1 aromatic rings. The molecule has 0 fully saturated rings. The van der Waals surface area contributed by atoms with Crippen LogP contribution >= 0.6 is 0 Å². The number of nitriles is 1. The third kappa shape index (κ3) is 3.22. The summed E-state index contributed by atoms with van der Waals surface area (Å²) < 4.78 is 4.64. The molecule has 17 heavy (non-hydrogen) atoms. The second-order valence-electron chi connectivity index (χ2n) is 3.91. The van der Waals surface area contributed by atoms with E-state index in [1.165, 1.54) is 7.11 Å². The first kappa shape index (κ1) is 13.0. The lowest BCUT2D eigenvalue weighted by Crippen LogP contribution is -2.21. The molecule has 90 valence electrons. The van der Waals surface area contributed by atoms with Crippen molar-refractivity contribution in [1.82, 2.24) is 0 Å². The van der Waals surface area contributed by atoms with Crippen LogP contribution in [0, 0.1) is 24.2 Å². The SMILES string of the molecule is COC(=O)C(C)CNc1cccc(C)c1C#N. The zero-order valence-corrected chi connectivity index (χ0v) is 10.3. The second kappa shape index (κ2) is 5.90. The zero-order valence-electron chi connectivity index (χ0n) is 10.3. The zero-order chi connectivity index (χ0) is 12.8. The van der Waals surface area contributed by atoms with Gasteiger partial charge in [-0.3, -0.25) is 4.79 Å². The van der Waals surface area contributed by atoms with Gasteiger partial charge < -0.3 is 10.1 Å². The van der Waals surface area contributed by atoms with Gasteiger partial charge in [-0.2, -0.15) is 5.26 Å². The Morgan fingerprint density at radius 2 is 2.29 bits per heavy atom. The van der Waals surface area contributed by atoms with E-state index in [0.29, 0.717) is 12.1 Å². The summed E-state index contributed by atoms with van der Waals surface area (Å²) in [6.45, 7) is 4.11. The van der Waals surface area contributed by atoms with E-state index < -0.39 is 0 Å². The van der Waals surface area contributed by atoms with Crippen molar-refractivity contribution in [3.8, 4) is 6.07 Å². The number of nitrogens with zero attached hydrogens (tertiary/aromatic N) is 1. The van der Waals surface area contributed by atoms with Gasteiger partial charge >= 0.3 is 5.97 Å². The van der Waals surface area contributed by atoms with E-state index in [9.17, 15) is 4.79 Å². The predicted molar refractivity (Wildman–Crippen MR) is 65.6 cm³/mol. The van der Waals surface area contributed by atoms with Gasteiger partial charge in [-0.1, -0.05) is 19.1 Å². The summed E-state index contributed by atoms with van der Waals surface area (Å²) in [5.74, 6) is -0.504. The Morgan fingerprint density at radius 3 is 2.88 bits per heavy atom. The third-order valence-electron chi connectivity index (χ3n) is 2.59. The van der Waals surface area contributed by atoms with Gasteiger partial charge in [0.15, 0.2) is 0 Å². The van der Waals surface area contributed by atoms with Crippen molar-refractivity contribution < 1.29 is 9.53 Å². The van der Waals surface area contributed by atoms with Crippen LogP contribution in [0.25, 0.3) is 0 Å². The van der Waals surface area contributed by atoms with Crippen molar-refractivity contribution in [2.24, 2.45) is 5.92 Å². The molecule has 1 unspecified atom stereocenters. The van der Waals surface area contributed by atoms with Crippen molar-refractivity contribution >= 4 is 11.7 Å². The quantitative estimate of drug-likeness (QED) is 0.807. The lowest BCUT2D eigenvalue weighted by atomic mass is 10.1. The first-order valence-corrected chi connectivity index (χ1v) is 5.41.